The van der Waals surface area contributed by atoms with Crippen molar-refractivity contribution in [3.05, 3.63) is 47.5 Å². The quantitative estimate of drug-likeness (QED) is 0.684. The van der Waals surface area contributed by atoms with Crippen LogP contribution in [-0.2, 0) is 10.3 Å². The summed E-state index contributed by atoms with van der Waals surface area (Å²) in [5.41, 5.74) is 1.22. The van der Waals surface area contributed by atoms with Gasteiger partial charge in [-0.1, -0.05) is 0 Å². The number of hydrogen-bond donors (Lipinski definition) is 2. The second-order valence-electron chi connectivity index (χ2n) is 7.17. The molecule has 1 amide bonds. The molecule has 1 aliphatic heterocycles. The number of rotatable bonds is 3. The number of anilines is 1. The first-order chi connectivity index (χ1) is 14.9. The molecule has 0 spiro atoms. The molecule has 0 saturated carbocycles. The van der Waals surface area contributed by atoms with E-state index in [4.69, 9.17) is 20.5 Å². The van der Waals surface area contributed by atoms with Crippen molar-refractivity contribution in [2.24, 2.45) is 10.7 Å². The van der Waals surface area contributed by atoms with Crippen LogP contribution < -0.4 is 15.8 Å². The summed E-state index contributed by atoms with van der Waals surface area (Å²) in [5, 5.41) is 11.0. The number of carbonyl (C=O) groups excluding carboxylic acids is 1. The Morgan fingerprint density at radius 2 is 1.97 bits per heavy atom. The number of hydrogen-bond acceptors (Lipinski definition) is 8. The van der Waals surface area contributed by atoms with Crippen LogP contribution in [0, 0.1) is 17.1 Å². The summed E-state index contributed by atoms with van der Waals surface area (Å²) in [7, 11) is 0. The van der Waals surface area contributed by atoms with Crippen molar-refractivity contribution in [1.29, 1.82) is 5.26 Å². The normalized spacial score (nSPS) is 23.1. The van der Waals surface area contributed by atoms with Crippen LogP contribution in [0.4, 0.5) is 28.0 Å². The van der Waals surface area contributed by atoms with Gasteiger partial charge in [0.25, 0.3) is 0 Å². The lowest BCUT2D eigenvalue weighted by Gasteiger charge is -2.41. The SMILES string of the molecule is C[C@@]1(c2cc(NC(=O)Oc3ncc(C#N)cn3)ccc2F)CO[C@@](C)(C(F)(F)F)C(N)=N1. The molecule has 168 valence electrons. The average molecular weight is 452 g/mol. The Balaban J connectivity index is 1.82. The number of aliphatic imine (C=N–C) groups is 1. The number of nitrogens with zero attached hydrogens (tertiary/aromatic N) is 4. The van der Waals surface area contributed by atoms with Crippen LogP contribution in [0.3, 0.4) is 0 Å². The third kappa shape index (κ3) is 4.30. The zero-order chi connectivity index (χ0) is 23.7. The summed E-state index contributed by atoms with van der Waals surface area (Å²) in [6.45, 7) is 1.47. The maximum absolute atomic E-state index is 14.5. The highest BCUT2D eigenvalue weighted by atomic mass is 19.4. The van der Waals surface area contributed by atoms with Crippen molar-refractivity contribution in [3.63, 3.8) is 0 Å². The van der Waals surface area contributed by atoms with Gasteiger partial charge in [-0.25, -0.2) is 19.2 Å². The van der Waals surface area contributed by atoms with Crippen LogP contribution in [0.2, 0.25) is 0 Å². The Kier molecular flexibility index (Phi) is 5.75. The van der Waals surface area contributed by atoms with Gasteiger partial charge in [-0.2, -0.15) is 18.4 Å². The van der Waals surface area contributed by atoms with E-state index in [2.05, 4.69) is 20.3 Å². The second-order valence-corrected chi connectivity index (χ2v) is 7.17. The summed E-state index contributed by atoms with van der Waals surface area (Å²) < 4.78 is 64.3. The monoisotopic (exact) mass is 452 g/mol. The standard InChI is InChI=1S/C19H16F4N6O3/c1-17(9-31-18(2,14(25)29-17)19(21,22)23)12-5-11(3-4-13(12)20)28-16(30)32-15-26-7-10(6-24)8-27-15/h3-5,7-8H,9H2,1-2H3,(H2,25,29)(H,28,30)/t17-,18+/m0/s1. The molecule has 13 heteroatoms. The number of aromatic nitrogens is 2. The number of carbonyl (C=O) groups is 1. The van der Waals surface area contributed by atoms with E-state index in [0.29, 0.717) is 0 Å². The van der Waals surface area contributed by atoms with Gasteiger partial charge in [0.05, 0.1) is 24.6 Å². The van der Waals surface area contributed by atoms with Gasteiger partial charge in [0.15, 0.2) is 0 Å². The largest absolute Gasteiger partial charge is 0.424 e. The van der Waals surface area contributed by atoms with E-state index in [-0.39, 0.29) is 22.8 Å². The predicted octanol–water partition coefficient (Wildman–Crippen LogP) is 3.02. The van der Waals surface area contributed by atoms with Crippen molar-refractivity contribution in [2.45, 2.75) is 31.2 Å². The maximum atomic E-state index is 14.5. The Morgan fingerprint density at radius 3 is 2.53 bits per heavy atom. The minimum Gasteiger partial charge on any atom is -0.385 e. The van der Waals surface area contributed by atoms with E-state index in [1.807, 2.05) is 0 Å². The van der Waals surface area contributed by atoms with E-state index >= 15 is 0 Å². The molecule has 0 fully saturated rings. The van der Waals surface area contributed by atoms with Gasteiger partial charge in [0.2, 0.25) is 5.60 Å². The molecule has 32 heavy (non-hydrogen) atoms. The van der Waals surface area contributed by atoms with Crippen LogP contribution in [0.5, 0.6) is 6.01 Å². The number of alkyl halides is 3. The zero-order valence-corrected chi connectivity index (χ0v) is 16.7. The minimum atomic E-state index is -4.82. The van der Waals surface area contributed by atoms with E-state index in [9.17, 15) is 22.4 Å². The van der Waals surface area contributed by atoms with Gasteiger partial charge in [-0.15, -0.1) is 0 Å². The Morgan fingerprint density at radius 1 is 1.31 bits per heavy atom. The molecule has 0 aliphatic carbocycles. The highest BCUT2D eigenvalue weighted by molar-refractivity contribution is 5.91. The number of nitrogens with two attached hydrogens (primary N) is 1. The van der Waals surface area contributed by atoms with Crippen molar-refractivity contribution in [3.8, 4) is 12.1 Å². The zero-order valence-electron chi connectivity index (χ0n) is 16.7. The maximum Gasteiger partial charge on any atom is 0.424 e. The summed E-state index contributed by atoms with van der Waals surface area (Å²) in [5.74, 6) is -1.65. The predicted molar refractivity (Wildman–Crippen MR) is 102 cm³/mol. The fourth-order valence-electron chi connectivity index (χ4n) is 2.80. The summed E-state index contributed by atoms with van der Waals surface area (Å²) in [6.07, 6.45) is -3.55. The molecule has 0 saturated heterocycles. The molecule has 0 bridgehead atoms. The Hall–Kier alpha value is -3.79. The highest BCUT2D eigenvalue weighted by Gasteiger charge is 2.59. The fourth-order valence-corrected chi connectivity index (χ4v) is 2.80. The molecule has 1 aromatic heterocycles. The first-order valence-electron chi connectivity index (χ1n) is 8.95. The van der Waals surface area contributed by atoms with Crippen LogP contribution in [0.25, 0.3) is 0 Å². The van der Waals surface area contributed by atoms with Crippen LogP contribution >= 0.6 is 0 Å². The second kappa shape index (κ2) is 8.04. The van der Waals surface area contributed by atoms with E-state index in [0.717, 1.165) is 25.4 Å². The number of nitrogens with one attached hydrogen (secondary N) is 1. The van der Waals surface area contributed by atoms with E-state index in [1.54, 1.807) is 6.07 Å². The first kappa shape index (κ1) is 22.9. The fraction of sp³-hybridized carbons (Fsp3) is 0.316. The van der Waals surface area contributed by atoms with Gasteiger partial charge < -0.3 is 15.2 Å². The van der Waals surface area contributed by atoms with Crippen molar-refractivity contribution < 1.29 is 31.8 Å². The summed E-state index contributed by atoms with van der Waals surface area (Å²) in [6, 6.07) is 4.85. The number of ether oxygens (including phenoxy) is 2. The molecule has 1 aliphatic rings. The molecular weight excluding hydrogens is 436 g/mol. The molecule has 3 N–H and O–H groups in total. The van der Waals surface area contributed by atoms with E-state index < -0.39 is 41.7 Å². The number of halogens is 4. The molecule has 9 nitrogen and oxygen atoms in total. The van der Waals surface area contributed by atoms with Crippen LogP contribution in [0.1, 0.15) is 25.0 Å². The molecule has 1 aromatic carbocycles. The number of amides is 1. The molecular formula is C19H16F4N6O3. The van der Waals surface area contributed by atoms with Gasteiger partial charge in [0.1, 0.15) is 23.3 Å². The first-order valence-corrected chi connectivity index (χ1v) is 8.95. The van der Waals surface area contributed by atoms with Crippen molar-refractivity contribution in [1.82, 2.24) is 9.97 Å². The van der Waals surface area contributed by atoms with Crippen LogP contribution in [0.15, 0.2) is 35.6 Å². The lowest BCUT2D eigenvalue weighted by atomic mass is 9.89. The molecule has 2 atom stereocenters. The smallest absolute Gasteiger partial charge is 0.385 e. The van der Waals surface area contributed by atoms with Gasteiger partial charge in [-0.05, 0) is 32.0 Å². The van der Waals surface area contributed by atoms with Crippen molar-refractivity contribution >= 4 is 17.6 Å². The van der Waals surface area contributed by atoms with Crippen molar-refractivity contribution in [2.75, 3.05) is 11.9 Å². The molecule has 2 heterocycles. The molecule has 0 radical (unpaired) electrons. The van der Waals surface area contributed by atoms with Gasteiger partial charge in [0, 0.05) is 11.3 Å². The lowest BCUT2D eigenvalue weighted by Crippen LogP contribution is -2.60. The van der Waals surface area contributed by atoms with Crippen LogP contribution in [-0.4, -0.2) is 40.3 Å². The number of benzene rings is 1. The summed E-state index contributed by atoms with van der Waals surface area (Å²) in [4.78, 5) is 23.3. The highest BCUT2D eigenvalue weighted by Crippen LogP contribution is 2.41. The Labute approximate surface area is 178 Å². The topological polar surface area (TPSA) is 136 Å². The summed E-state index contributed by atoms with van der Waals surface area (Å²) >= 11 is 0. The minimum absolute atomic E-state index is 0.0548. The van der Waals surface area contributed by atoms with Gasteiger partial charge in [-0.3, -0.25) is 10.3 Å². The molecule has 2 aromatic rings. The molecule has 3 rings (SSSR count). The average Bonchev–Trinajstić information content (AvgIpc) is 2.72. The van der Waals surface area contributed by atoms with Gasteiger partial charge >= 0.3 is 18.3 Å². The number of amidine groups is 1. The Bertz CT molecular complexity index is 1120. The lowest BCUT2D eigenvalue weighted by molar-refractivity contribution is -0.249. The third-order valence-corrected chi connectivity index (χ3v) is 4.77. The number of nitriles is 1. The third-order valence-electron chi connectivity index (χ3n) is 4.77. The van der Waals surface area contributed by atoms with E-state index in [1.165, 1.54) is 19.1 Å². The molecule has 0 unspecified atom stereocenters.